The molecule has 0 aliphatic carbocycles. The van der Waals surface area contributed by atoms with E-state index in [9.17, 15) is 4.39 Å². The van der Waals surface area contributed by atoms with Gasteiger partial charge in [0.15, 0.2) is 0 Å². The van der Waals surface area contributed by atoms with Gasteiger partial charge in [0.1, 0.15) is 5.82 Å². The number of likely N-dealkylation sites (N-methyl/N-ethyl adjacent to an activating group) is 1. The van der Waals surface area contributed by atoms with Gasteiger partial charge in [-0.05, 0) is 68.1 Å². The van der Waals surface area contributed by atoms with Gasteiger partial charge in [0.2, 0.25) is 0 Å². The van der Waals surface area contributed by atoms with Crippen LogP contribution in [-0.4, -0.2) is 6.54 Å². The van der Waals surface area contributed by atoms with Gasteiger partial charge in [-0.15, -0.1) is 0 Å². The molecule has 2 rings (SSSR count). The number of nitrogens with one attached hydrogen (secondary N) is 1. The summed E-state index contributed by atoms with van der Waals surface area (Å²) in [5, 5.41) is 4.10. The minimum absolute atomic E-state index is 0.0260. The lowest BCUT2D eigenvalue weighted by Crippen LogP contribution is -2.23. The van der Waals surface area contributed by atoms with Crippen LogP contribution >= 0.6 is 43.5 Å². The Morgan fingerprint density at radius 3 is 2.62 bits per heavy atom. The summed E-state index contributed by atoms with van der Waals surface area (Å²) in [6, 6.07) is 11.0. The highest BCUT2D eigenvalue weighted by atomic mass is 79.9. The van der Waals surface area contributed by atoms with Crippen molar-refractivity contribution in [1.29, 1.82) is 0 Å². The Bertz CT molecular complexity index is 634. The van der Waals surface area contributed by atoms with Crippen LogP contribution in [0.25, 0.3) is 0 Å². The molecule has 2 aromatic carbocycles. The van der Waals surface area contributed by atoms with Gasteiger partial charge in [-0.2, -0.15) is 0 Å². The number of benzene rings is 2. The molecule has 21 heavy (non-hydrogen) atoms. The highest BCUT2D eigenvalue weighted by Crippen LogP contribution is 2.33. The van der Waals surface area contributed by atoms with Gasteiger partial charge in [-0.1, -0.05) is 42.8 Å². The van der Waals surface area contributed by atoms with Crippen molar-refractivity contribution < 1.29 is 4.39 Å². The van der Waals surface area contributed by atoms with Crippen LogP contribution in [0.2, 0.25) is 5.02 Å². The highest BCUT2D eigenvalue weighted by molar-refractivity contribution is 9.10. The summed E-state index contributed by atoms with van der Waals surface area (Å²) in [6.07, 6.45) is 0.655. The Balaban J connectivity index is 2.35. The maximum atomic E-state index is 13.7. The lowest BCUT2D eigenvalue weighted by Gasteiger charge is -2.21. The summed E-state index contributed by atoms with van der Waals surface area (Å²) in [6.45, 7) is 2.85. The fourth-order valence-corrected chi connectivity index (χ4v) is 3.32. The molecule has 0 heterocycles. The minimum atomic E-state index is -0.247. The molecule has 0 bridgehead atoms. The van der Waals surface area contributed by atoms with Crippen molar-refractivity contribution in [3.63, 3.8) is 0 Å². The lowest BCUT2D eigenvalue weighted by molar-refractivity contribution is 0.544. The van der Waals surface area contributed by atoms with Crippen molar-refractivity contribution in [3.8, 4) is 0 Å². The first-order chi connectivity index (χ1) is 10.0. The van der Waals surface area contributed by atoms with E-state index in [1.165, 1.54) is 6.07 Å². The van der Waals surface area contributed by atoms with Crippen LogP contribution < -0.4 is 5.32 Å². The summed E-state index contributed by atoms with van der Waals surface area (Å²) < 4.78 is 15.0. The van der Waals surface area contributed by atoms with Gasteiger partial charge < -0.3 is 5.32 Å². The Hall–Kier alpha value is -0.420. The normalized spacial score (nSPS) is 12.4. The first-order valence-electron chi connectivity index (χ1n) is 6.64. The molecule has 5 heteroatoms. The Labute approximate surface area is 146 Å². The first-order valence-corrected chi connectivity index (χ1v) is 8.61. The van der Waals surface area contributed by atoms with E-state index < -0.39 is 0 Å². The molecule has 0 spiro atoms. The summed E-state index contributed by atoms with van der Waals surface area (Å²) in [5.74, 6) is -0.247. The second-order valence-electron chi connectivity index (χ2n) is 4.67. The first kappa shape index (κ1) is 16.9. The van der Waals surface area contributed by atoms with Crippen molar-refractivity contribution in [3.05, 3.63) is 67.3 Å². The predicted molar refractivity (Wildman–Crippen MR) is 93.4 cm³/mol. The largest absolute Gasteiger partial charge is 0.310 e. The van der Waals surface area contributed by atoms with Crippen LogP contribution in [0.5, 0.6) is 0 Å². The maximum Gasteiger partial charge on any atom is 0.137 e. The zero-order valence-corrected chi connectivity index (χ0v) is 15.4. The molecule has 1 unspecified atom stereocenters. The van der Waals surface area contributed by atoms with Crippen LogP contribution in [0.15, 0.2) is 45.3 Å². The van der Waals surface area contributed by atoms with Gasteiger partial charge in [-0.3, -0.25) is 0 Å². The molecule has 0 radical (unpaired) electrons. The topological polar surface area (TPSA) is 12.0 Å². The molecule has 0 fully saturated rings. The molecule has 2 aromatic rings. The summed E-state index contributed by atoms with van der Waals surface area (Å²) >= 11 is 13.2. The maximum absolute atomic E-state index is 13.7. The van der Waals surface area contributed by atoms with Crippen molar-refractivity contribution in [2.75, 3.05) is 6.54 Å². The molecule has 1 N–H and O–H groups in total. The fraction of sp³-hybridized carbons (Fsp3) is 0.250. The molecule has 0 aliphatic rings. The Morgan fingerprint density at radius 1 is 1.19 bits per heavy atom. The predicted octanol–water partition coefficient (Wildman–Crippen LogP) is 5.90. The van der Waals surface area contributed by atoms with E-state index >= 15 is 0 Å². The molecular formula is C16H15Br2ClFN. The SMILES string of the molecule is CCNC(Cc1cccc(F)c1Br)c1cccc(Br)c1Cl. The molecule has 1 atom stereocenters. The number of hydrogen-bond acceptors (Lipinski definition) is 1. The standard InChI is InChI=1S/C16H15Br2ClFN/c1-2-21-14(11-6-4-7-12(17)16(11)19)9-10-5-3-8-13(20)15(10)18/h3-8,14,21H,2,9H2,1H3. The molecule has 0 saturated carbocycles. The second-order valence-corrected chi connectivity index (χ2v) is 6.70. The molecule has 0 saturated heterocycles. The van der Waals surface area contributed by atoms with Crippen LogP contribution in [0.3, 0.4) is 0 Å². The average molecular weight is 436 g/mol. The Kier molecular flexibility index (Phi) is 6.23. The van der Waals surface area contributed by atoms with E-state index in [1.807, 2.05) is 31.2 Å². The van der Waals surface area contributed by atoms with Crippen LogP contribution in [0, 0.1) is 5.82 Å². The van der Waals surface area contributed by atoms with Crippen molar-refractivity contribution in [1.82, 2.24) is 5.32 Å². The van der Waals surface area contributed by atoms with Crippen LogP contribution in [0.1, 0.15) is 24.1 Å². The van der Waals surface area contributed by atoms with E-state index in [-0.39, 0.29) is 11.9 Å². The van der Waals surface area contributed by atoms with Gasteiger partial charge in [0.05, 0.1) is 9.50 Å². The molecular weight excluding hydrogens is 420 g/mol. The third-order valence-corrected chi connectivity index (χ3v) is 5.46. The number of rotatable bonds is 5. The molecule has 1 nitrogen and oxygen atoms in total. The van der Waals surface area contributed by atoms with E-state index in [1.54, 1.807) is 6.07 Å². The van der Waals surface area contributed by atoms with Crippen molar-refractivity contribution in [2.24, 2.45) is 0 Å². The highest BCUT2D eigenvalue weighted by Gasteiger charge is 2.18. The summed E-state index contributed by atoms with van der Waals surface area (Å²) in [4.78, 5) is 0. The summed E-state index contributed by atoms with van der Waals surface area (Å²) in [5.41, 5.74) is 1.92. The Morgan fingerprint density at radius 2 is 1.90 bits per heavy atom. The number of halogens is 4. The summed E-state index contributed by atoms with van der Waals surface area (Å²) in [7, 11) is 0. The van der Waals surface area contributed by atoms with E-state index in [4.69, 9.17) is 11.6 Å². The van der Waals surface area contributed by atoms with Gasteiger partial charge in [0, 0.05) is 10.5 Å². The number of hydrogen-bond donors (Lipinski definition) is 1. The van der Waals surface area contributed by atoms with Gasteiger partial charge in [-0.25, -0.2) is 4.39 Å². The van der Waals surface area contributed by atoms with E-state index in [0.29, 0.717) is 15.9 Å². The van der Waals surface area contributed by atoms with Crippen LogP contribution in [-0.2, 0) is 6.42 Å². The van der Waals surface area contributed by atoms with Gasteiger partial charge >= 0.3 is 0 Å². The molecule has 0 amide bonds. The minimum Gasteiger partial charge on any atom is -0.310 e. The zero-order chi connectivity index (χ0) is 15.4. The lowest BCUT2D eigenvalue weighted by atomic mass is 9.98. The van der Waals surface area contributed by atoms with Crippen molar-refractivity contribution in [2.45, 2.75) is 19.4 Å². The smallest absolute Gasteiger partial charge is 0.137 e. The molecule has 112 valence electrons. The third kappa shape index (κ3) is 4.07. The quantitative estimate of drug-likeness (QED) is 0.617. The average Bonchev–Trinajstić information content (AvgIpc) is 2.46. The zero-order valence-electron chi connectivity index (χ0n) is 11.5. The second kappa shape index (κ2) is 7.73. The molecule has 0 aromatic heterocycles. The van der Waals surface area contributed by atoms with Crippen molar-refractivity contribution >= 4 is 43.5 Å². The van der Waals surface area contributed by atoms with Gasteiger partial charge in [0.25, 0.3) is 0 Å². The van der Waals surface area contributed by atoms with Crippen LogP contribution in [0.4, 0.5) is 4.39 Å². The monoisotopic (exact) mass is 433 g/mol. The fourth-order valence-electron chi connectivity index (χ4n) is 2.25. The van der Waals surface area contributed by atoms with E-state index in [0.717, 1.165) is 22.1 Å². The third-order valence-electron chi connectivity index (χ3n) is 3.26. The van der Waals surface area contributed by atoms with E-state index in [2.05, 4.69) is 37.2 Å². The molecule has 0 aliphatic heterocycles.